The number of carbonyl (C=O) groups is 1. The van der Waals surface area contributed by atoms with Crippen LogP contribution < -0.4 is 21.1 Å². The second-order valence-electron chi connectivity index (χ2n) is 9.15. The van der Waals surface area contributed by atoms with Crippen molar-refractivity contribution in [3.8, 4) is 17.1 Å². The van der Waals surface area contributed by atoms with Crippen LogP contribution in [0.15, 0.2) is 54.7 Å². The van der Waals surface area contributed by atoms with Crippen LogP contribution in [0.5, 0.6) is 5.75 Å². The molecule has 5 N–H and O–H groups in total. The van der Waals surface area contributed by atoms with Crippen LogP contribution in [0, 0.1) is 0 Å². The third kappa shape index (κ3) is 5.44. The Morgan fingerprint density at radius 3 is 2.82 bits per heavy atom. The molecule has 0 radical (unpaired) electrons. The highest BCUT2D eigenvalue weighted by molar-refractivity contribution is 6.31. The SMILES string of the molecule is CCCN1CCC=C(c2ccc(Nc3nc(Nc4ccc(Cl)cc4C(N)=O)c4ccnc-4[nH]3)c(OC)c2)C1. The molecule has 0 aliphatic carbocycles. The van der Waals surface area contributed by atoms with Crippen molar-refractivity contribution in [3.63, 3.8) is 0 Å². The molecule has 3 aliphatic heterocycles. The van der Waals surface area contributed by atoms with E-state index in [1.807, 2.05) is 12.1 Å². The van der Waals surface area contributed by atoms with Gasteiger partial charge in [-0.15, -0.1) is 0 Å². The van der Waals surface area contributed by atoms with Crippen molar-refractivity contribution in [2.45, 2.75) is 19.8 Å². The van der Waals surface area contributed by atoms with E-state index in [1.54, 1.807) is 25.4 Å². The third-order valence-electron chi connectivity index (χ3n) is 6.51. The largest absolute Gasteiger partial charge is 0.495 e. The molecule has 2 aromatic rings. The zero-order valence-corrected chi connectivity index (χ0v) is 22.1. The van der Waals surface area contributed by atoms with Gasteiger partial charge in [0, 0.05) is 24.3 Å². The lowest BCUT2D eigenvalue weighted by Crippen LogP contribution is -2.30. The fourth-order valence-corrected chi connectivity index (χ4v) is 4.87. The van der Waals surface area contributed by atoms with Crippen molar-refractivity contribution in [1.29, 1.82) is 0 Å². The van der Waals surface area contributed by atoms with Crippen LogP contribution in [-0.4, -0.2) is 52.5 Å². The average molecular weight is 532 g/mol. The molecule has 0 aromatic heterocycles. The smallest absolute Gasteiger partial charge is 0.250 e. The first-order valence-electron chi connectivity index (χ1n) is 12.5. The minimum absolute atomic E-state index is 0.265. The highest BCUT2D eigenvalue weighted by Crippen LogP contribution is 2.35. The topological polar surface area (TPSA) is 121 Å². The molecule has 0 bridgehead atoms. The number of primary amides is 1. The zero-order chi connectivity index (χ0) is 26.6. The zero-order valence-electron chi connectivity index (χ0n) is 21.3. The van der Waals surface area contributed by atoms with E-state index in [2.05, 4.69) is 50.6 Å². The Morgan fingerprint density at radius 2 is 2.03 bits per heavy atom. The number of nitrogens with two attached hydrogens (primary N) is 1. The molecule has 196 valence electrons. The quantitative estimate of drug-likeness (QED) is 0.220. The Morgan fingerprint density at radius 1 is 1.18 bits per heavy atom. The van der Waals surface area contributed by atoms with Gasteiger partial charge >= 0.3 is 0 Å². The normalized spacial score (nSPS) is 13.8. The molecule has 0 atom stereocenters. The van der Waals surface area contributed by atoms with Gasteiger partial charge in [-0.05, 0) is 66.9 Å². The van der Waals surface area contributed by atoms with Gasteiger partial charge in [-0.1, -0.05) is 30.7 Å². The van der Waals surface area contributed by atoms with Crippen molar-refractivity contribution in [2.24, 2.45) is 5.73 Å². The van der Waals surface area contributed by atoms with Gasteiger partial charge < -0.3 is 26.1 Å². The molecule has 38 heavy (non-hydrogen) atoms. The van der Waals surface area contributed by atoms with Crippen molar-refractivity contribution in [2.75, 3.05) is 37.4 Å². The second kappa shape index (κ2) is 11.1. The highest BCUT2D eigenvalue weighted by atomic mass is 35.5. The Bertz CT molecular complexity index is 1470. The lowest BCUT2D eigenvalue weighted by atomic mass is 10.00. The fraction of sp³-hybridized carbons (Fsp3) is 0.250. The Kier molecular flexibility index (Phi) is 7.48. The minimum atomic E-state index is -0.594. The van der Waals surface area contributed by atoms with Crippen LogP contribution in [0.25, 0.3) is 17.0 Å². The summed E-state index contributed by atoms with van der Waals surface area (Å²) in [6, 6.07) is 12.9. The van der Waals surface area contributed by atoms with Crippen LogP contribution in [0.3, 0.4) is 0 Å². The summed E-state index contributed by atoms with van der Waals surface area (Å²) < 4.78 is 5.73. The number of carbonyl (C=O) groups excluding carboxylic acids is 1. The Balaban J connectivity index is 1.44. The van der Waals surface area contributed by atoms with E-state index < -0.39 is 5.91 Å². The maximum atomic E-state index is 12.0. The van der Waals surface area contributed by atoms with Crippen LogP contribution in [0.4, 0.5) is 23.1 Å². The monoisotopic (exact) mass is 531 g/mol. The van der Waals surface area contributed by atoms with Crippen LogP contribution in [0.2, 0.25) is 5.02 Å². The molecule has 3 aliphatic rings. The molecular weight excluding hydrogens is 502 g/mol. The number of anilines is 4. The number of amides is 1. The van der Waals surface area contributed by atoms with E-state index >= 15 is 0 Å². The number of benzene rings is 2. The molecule has 2 aromatic carbocycles. The van der Waals surface area contributed by atoms with Gasteiger partial charge in [0.15, 0.2) is 0 Å². The number of hydrogen-bond acceptors (Lipinski definition) is 7. The van der Waals surface area contributed by atoms with E-state index in [9.17, 15) is 4.79 Å². The van der Waals surface area contributed by atoms with Gasteiger partial charge in [-0.3, -0.25) is 9.69 Å². The molecule has 10 heteroatoms. The molecule has 0 saturated carbocycles. The summed E-state index contributed by atoms with van der Waals surface area (Å²) in [5, 5.41) is 6.96. The first-order valence-corrected chi connectivity index (χ1v) is 12.9. The number of methoxy groups -OCH3 is 1. The number of halogens is 1. The van der Waals surface area contributed by atoms with Gasteiger partial charge in [0.05, 0.1) is 29.6 Å². The minimum Gasteiger partial charge on any atom is -0.495 e. The number of H-pyrrole nitrogens is 1. The van der Waals surface area contributed by atoms with E-state index in [0.29, 0.717) is 34.1 Å². The van der Waals surface area contributed by atoms with Gasteiger partial charge in [0.2, 0.25) is 5.95 Å². The molecule has 1 amide bonds. The van der Waals surface area contributed by atoms with Crippen molar-refractivity contribution >= 4 is 46.2 Å². The van der Waals surface area contributed by atoms with E-state index in [0.717, 1.165) is 49.3 Å². The third-order valence-corrected chi connectivity index (χ3v) is 6.75. The average Bonchev–Trinajstić information content (AvgIpc) is 3.39. The number of hydrogen-bond donors (Lipinski definition) is 4. The number of rotatable bonds is 9. The fourth-order valence-electron chi connectivity index (χ4n) is 4.69. The van der Waals surface area contributed by atoms with Gasteiger partial charge in [0.25, 0.3) is 5.91 Å². The number of ether oxygens (including phenoxy) is 1. The molecular formula is C28H30ClN7O2. The number of aromatic amines is 1. The highest BCUT2D eigenvalue weighted by Gasteiger charge is 2.19. The maximum Gasteiger partial charge on any atom is 0.250 e. The molecule has 0 unspecified atom stereocenters. The molecule has 0 fully saturated rings. The summed E-state index contributed by atoms with van der Waals surface area (Å²) in [5.41, 5.74) is 10.3. The van der Waals surface area contributed by atoms with Crippen molar-refractivity contribution in [3.05, 3.63) is 70.9 Å². The molecule has 0 saturated heterocycles. The van der Waals surface area contributed by atoms with Gasteiger partial charge in [-0.2, -0.15) is 4.98 Å². The summed E-state index contributed by atoms with van der Waals surface area (Å²) in [5.74, 6) is 1.68. The molecule has 0 spiro atoms. The molecule has 3 heterocycles. The number of nitrogens with one attached hydrogen (secondary N) is 3. The first kappa shape index (κ1) is 25.6. The van der Waals surface area contributed by atoms with Crippen LogP contribution in [-0.2, 0) is 0 Å². The van der Waals surface area contributed by atoms with Crippen LogP contribution >= 0.6 is 11.6 Å². The Hall–Kier alpha value is -4.08. The summed E-state index contributed by atoms with van der Waals surface area (Å²) in [7, 11) is 1.65. The van der Waals surface area contributed by atoms with Gasteiger partial charge in [0.1, 0.15) is 17.4 Å². The van der Waals surface area contributed by atoms with E-state index in [4.69, 9.17) is 27.1 Å². The van der Waals surface area contributed by atoms with Crippen LogP contribution in [0.1, 0.15) is 35.7 Å². The summed E-state index contributed by atoms with van der Waals surface area (Å²) in [4.78, 5) is 26.8. The Labute approximate surface area is 226 Å². The lowest BCUT2D eigenvalue weighted by Gasteiger charge is -2.27. The van der Waals surface area contributed by atoms with Gasteiger partial charge in [-0.25, -0.2) is 4.98 Å². The standard InChI is InChI=1S/C28H30ClN7O2/c1-3-12-36-13-4-5-18(16-36)17-6-8-23(24(14-17)38-2)33-28-34-26-20(10-11-31-26)27(35-28)32-22-9-7-19(29)15-21(22)25(30)37/h5-11,14-15H,3-4,12-13,16H2,1-2H3,(H2,30,37)(H3,31,32,33,34,35). The second-order valence-corrected chi connectivity index (χ2v) is 9.59. The predicted molar refractivity (Wildman–Crippen MR) is 152 cm³/mol. The van der Waals surface area contributed by atoms with Crippen molar-refractivity contribution in [1.82, 2.24) is 19.9 Å². The molecule has 5 rings (SSSR count). The predicted octanol–water partition coefficient (Wildman–Crippen LogP) is 5.66. The van der Waals surface area contributed by atoms with E-state index in [1.165, 1.54) is 11.6 Å². The molecule has 9 nitrogen and oxygen atoms in total. The number of aromatic nitrogens is 3. The lowest BCUT2D eigenvalue weighted by molar-refractivity contribution is 0.100. The first-order chi connectivity index (χ1) is 18.4. The summed E-state index contributed by atoms with van der Waals surface area (Å²) in [6.07, 6.45) is 6.19. The van der Waals surface area contributed by atoms with E-state index in [-0.39, 0.29) is 5.56 Å². The number of nitrogens with zero attached hydrogens (tertiary/aromatic N) is 3. The number of fused-ring (bicyclic) bond motifs is 1. The maximum absolute atomic E-state index is 12.0. The summed E-state index contributed by atoms with van der Waals surface area (Å²) in [6.45, 7) is 5.34. The summed E-state index contributed by atoms with van der Waals surface area (Å²) >= 11 is 6.07. The van der Waals surface area contributed by atoms with Crippen molar-refractivity contribution < 1.29 is 9.53 Å².